The van der Waals surface area contributed by atoms with E-state index in [9.17, 15) is 8.78 Å². The Kier molecular flexibility index (Phi) is 4.27. The number of hydrogen-bond donors (Lipinski definition) is 0. The maximum Gasteiger partial charge on any atom is 0.282 e. The first-order valence-electron chi connectivity index (χ1n) is 8.88. The third-order valence-corrected chi connectivity index (χ3v) is 5.27. The number of rotatable bonds is 3. The number of dihydropyridines is 1. The minimum Gasteiger partial charge on any atom is -0.368 e. The van der Waals surface area contributed by atoms with Crippen LogP contribution in [0.1, 0.15) is 55.8 Å². The summed E-state index contributed by atoms with van der Waals surface area (Å²) in [7, 11) is 1.96. The van der Waals surface area contributed by atoms with Crippen molar-refractivity contribution in [1.82, 2.24) is 14.7 Å². The summed E-state index contributed by atoms with van der Waals surface area (Å²) >= 11 is 0. The van der Waals surface area contributed by atoms with Crippen molar-refractivity contribution >= 4 is 11.8 Å². The summed E-state index contributed by atoms with van der Waals surface area (Å²) in [5, 5.41) is 4.28. The number of aromatic nitrogens is 2. The molecule has 0 spiro atoms. The molecule has 3 aliphatic rings. The van der Waals surface area contributed by atoms with Crippen LogP contribution in [0.4, 0.5) is 8.78 Å². The Morgan fingerprint density at radius 2 is 2.00 bits per heavy atom. The first-order valence-corrected chi connectivity index (χ1v) is 8.88. The molecule has 4 rings (SSSR count). The fraction of sp³-hybridized carbons (Fsp3) is 0.474. The van der Waals surface area contributed by atoms with Crippen molar-refractivity contribution in [3.05, 3.63) is 47.6 Å². The summed E-state index contributed by atoms with van der Waals surface area (Å²) in [6.45, 7) is 0. The van der Waals surface area contributed by atoms with Gasteiger partial charge in [-0.25, -0.2) is 8.78 Å². The van der Waals surface area contributed by atoms with Gasteiger partial charge in [-0.1, -0.05) is 25.3 Å². The molecule has 1 aromatic heterocycles. The maximum absolute atomic E-state index is 13.7. The van der Waals surface area contributed by atoms with E-state index in [-0.39, 0.29) is 17.8 Å². The largest absolute Gasteiger partial charge is 0.368 e. The third kappa shape index (κ3) is 2.94. The first-order chi connectivity index (χ1) is 12.1. The van der Waals surface area contributed by atoms with Crippen molar-refractivity contribution < 1.29 is 8.78 Å². The van der Waals surface area contributed by atoms with E-state index in [1.54, 1.807) is 17.1 Å². The predicted molar refractivity (Wildman–Crippen MR) is 94.5 cm³/mol. The molecule has 0 aromatic carbocycles. The highest BCUT2D eigenvalue weighted by molar-refractivity contribution is 5.84. The number of hydrogen-bond acceptors (Lipinski definition) is 3. The molecule has 1 saturated carbocycles. The number of likely N-dealkylation sites (N-methyl/N-ethyl adjacent to an activating group) is 1. The van der Waals surface area contributed by atoms with Gasteiger partial charge in [0.1, 0.15) is 5.69 Å². The summed E-state index contributed by atoms with van der Waals surface area (Å²) in [5.41, 5.74) is 1.93. The average Bonchev–Trinajstić information content (AvgIpc) is 3.08. The van der Waals surface area contributed by atoms with Crippen molar-refractivity contribution in [2.75, 3.05) is 7.05 Å². The number of alkyl halides is 2. The molecule has 2 aliphatic heterocycles. The molecular weight excluding hydrogens is 322 g/mol. The molecule has 1 unspecified atom stereocenters. The number of fused-ring (bicyclic) bond motifs is 1. The highest BCUT2D eigenvalue weighted by Gasteiger charge is 2.29. The van der Waals surface area contributed by atoms with Crippen LogP contribution in [-0.2, 0) is 0 Å². The molecule has 1 aromatic rings. The first kappa shape index (κ1) is 16.2. The van der Waals surface area contributed by atoms with Gasteiger partial charge in [-0.05, 0) is 25.0 Å². The van der Waals surface area contributed by atoms with Gasteiger partial charge in [0.25, 0.3) is 6.43 Å². The second-order valence-electron chi connectivity index (χ2n) is 6.89. The van der Waals surface area contributed by atoms with Crippen LogP contribution in [0.25, 0.3) is 5.57 Å². The van der Waals surface area contributed by atoms with Gasteiger partial charge in [-0.15, -0.1) is 0 Å². The van der Waals surface area contributed by atoms with E-state index >= 15 is 0 Å². The molecule has 4 nitrogen and oxygen atoms in total. The number of allylic oxidation sites excluding steroid dienone is 3. The Balaban J connectivity index is 1.78. The molecule has 132 valence electrons. The highest BCUT2D eigenvalue weighted by atomic mass is 19.3. The Labute approximate surface area is 146 Å². The zero-order chi connectivity index (χ0) is 17.4. The van der Waals surface area contributed by atoms with Gasteiger partial charge in [0, 0.05) is 36.8 Å². The van der Waals surface area contributed by atoms with Crippen LogP contribution in [0.3, 0.4) is 0 Å². The van der Waals surface area contributed by atoms with E-state index in [1.165, 1.54) is 6.42 Å². The normalized spacial score (nSPS) is 23.7. The van der Waals surface area contributed by atoms with Crippen LogP contribution in [0.2, 0.25) is 0 Å². The summed E-state index contributed by atoms with van der Waals surface area (Å²) in [4.78, 5) is 6.50. The van der Waals surface area contributed by atoms with Gasteiger partial charge in [0.2, 0.25) is 0 Å². The van der Waals surface area contributed by atoms with E-state index in [1.807, 2.05) is 36.4 Å². The van der Waals surface area contributed by atoms with Crippen LogP contribution in [-0.4, -0.2) is 34.0 Å². The third-order valence-electron chi connectivity index (χ3n) is 5.27. The lowest BCUT2D eigenvalue weighted by atomic mass is 9.95. The van der Waals surface area contributed by atoms with Crippen LogP contribution in [0.5, 0.6) is 0 Å². The van der Waals surface area contributed by atoms with E-state index in [0.29, 0.717) is 5.56 Å². The lowest BCUT2D eigenvalue weighted by Crippen LogP contribution is -2.30. The quantitative estimate of drug-likeness (QED) is 0.808. The van der Waals surface area contributed by atoms with Gasteiger partial charge < -0.3 is 4.90 Å². The lowest BCUT2D eigenvalue weighted by molar-refractivity contribution is 0.143. The molecule has 6 heteroatoms. The maximum atomic E-state index is 13.7. The fourth-order valence-corrected chi connectivity index (χ4v) is 3.91. The Hall–Kier alpha value is -2.24. The van der Waals surface area contributed by atoms with Crippen molar-refractivity contribution in [3.63, 3.8) is 0 Å². The topological polar surface area (TPSA) is 33.4 Å². The summed E-state index contributed by atoms with van der Waals surface area (Å²) in [5.74, 6) is 0. The molecule has 0 bridgehead atoms. The molecule has 0 amide bonds. The number of aliphatic imine (C=N–C) groups is 1. The molecule has 0 N–H and O–H groups in total. The van der Waals surface area contributed by atoms with Crippen molar-refractivity contribution in [3.8, 4) is 0 Å². The van der Waals surface area contributed by atoms with E-state index in [0.717, 1.165) is 37.0 Å². The molecular formula is C19H22F2N4. The molecule has 25 heavy (non-hydrogen) atoms. The molecule has 3 heterocycles. The Morgan fingerprint density at radius 3 is 2.76 bits per heavy atom. The average molecular weight is 344 g/mol. The lowest BCUT2D eigenvalue weighted by Gasteiger charge is -2.31. The predicted octanol–water partition coefficient (Wildman–Crippen LogP) is 4.51. The summed E-state index contributed by atoms with van der Waals surface area (Å²) < 4.78 is 29.1. The summed E-state index contributed by atoms with van der Waals surface area (Å²) in [6.07, 6.45) is 14.2. The molecule has 0 radical (unpaired) electrons. The number of nitrogens with zero attached hydrogens (tertiary/aromatic N) is 4. The highest BCUT2D eigenvalue weighted by Crippen LogP contribution is 2.37. The van der Waals surface area contributed by atoms with Gasteiger partial charge in [-0.3, -0.25) is 9.67 Å². The molecule has 1 atom stereocenters. The Morgan fingerprint density at radius 1 is 1.20 bits per heavy atom. The second-order valence-corrected chi connectivity index (χ2v) is 6.89. The SMILES string of the molecule is CN1C=CC(c2cn(C3CCCCC3)nc2C(F)F)=C2N=CC=CC21. The van der Waals surface area contributed by atoms with E-state index in [4.69, 9.17) is 0 Å². The van der Waals surface area contributed by atoms with Crippen LogP contribution < -0.4 is 0 Å². The van der Waals surface area contributed by atoms with Crippen molar-refractivity contribution in [2.24, 2.45) is 4.99 Å². The van der Waals surface area contributed by atoms with Crippen LogP contribution >= 0.6 is 0 Å². The van der Waals surface area contributed by atoms with E-state index < -0.39 is 6.43 Å². The smallest absolute Gasteiger partial charge is 0.282 e. The van der Waals surface area contributed by atoms with Gasteiger partial charge in [-0.2, -0.15) is 5.10 Å². The van der Waals surface area contributed by atoms with Crippen molar-refractivity contribution in [2.45, 2.75) is 50.6 Å². The minimum absolute atomic E-state index is 0.0199. The van der Waals surface area contributed by atoms with Crippen molar-refractivity contribution in [1.29, 1.82) is 0 Å². The molecule has 0 saturated heterocycles. The monoisotopic (exact) mass is 344 g/mol. The second kappa shape index (κ2) is 6.58. The molecule has 1 fully saturated rings. The van der Waals surface area contributed by atoms with Gasteiger partial charge in [0.15, 0.2) is 0 Å². The van der Waals surface area contributed by atoms with E-state index in [2.05, 4.69) is 10.1 Å². The Bertz CT molecular complexity index is 766. The zero-order valence-electron chi connectivity index (χ0n) is 14.3. The minimum atomic E-state index is -2.59. The molecule has 1 aliphatic carbocycles. The summed E-state index contributed by atoms with van der Waals surface area (Å²) in [6, 6.07) is 0.208. The van der Waals surface area contributed by atoms with Gasteiger partial charge >= 0.3 is 0 Å². The standard InChI is InChI=1S/C19H22F2N4/c1-24-11-9-14(17-16(24)8-5-10-22-17)15-12-25(23-18(15)19(20)21)13-6-3-2-4-7-13/h5,8-13,16,19H,2-4,6-7H2,1H3. The fourth-order valence-electron chi connectivity index (χ4n) is 3.91. The van der Waals surface area contributed by atoms with Crippen LogP contribution in [0.15, 0.2) is 41.3 Å². The van der Waals surface area contributed by atoms with Gasteiger partial charge in [0.05, 0.1) is 17.8 Å². The number of halogens is 2. The zero-order valence-corrected chi connectivity index (χ0v) is 14.3. The van der Waals surface area contributed by atoms with Crippen LogP contribution in [0, 0.1) is 0 Å².